The fourth-order valence-corrected chi connectivity index (χ4v) is 0.705. The van der Waals surface area contributed by atoms with E-state index < -0.39 is 0 Å². The van der Waals surface area contributed by atoms with Gasteiger partial charge in [-0.3, -0.25) is 4.99 Å². The Kier molecular flexibility index (Phi) is 7.46. The quantitative estimate of drug-likeness (QED) is 0.315. The molecule has 0 saturated carbocycles. The Morgan fingerprint density at radius 3 is 2.70 bits per heavy atom. The zero-order valence-corrected chi connectivity index (χ0v) is 6.47. The number of nitrogens with one attached hydrogen (secondary N) is 1. The third-order valence-electron chi connectivity index (χ3n) is 1.25. The van der Waals surface area contributed by atoms with Crippen LogP contribution in [0.25, 0.3) is 0 Å². The maximum Gasteiger partial charge on any atom is 0.140 e. The average Bonchev–Trinajstić information content (AvgIpc) is 1.97. The molecule has 0 atom stereocenters. The molecule has 10 heavy (non-hydrogen) atoms. The molecule has 0 aliphatic heterocycles. The highest BCUT2D eigenvalue weighted by Gasteiger charge is 1.84. The standard InChI is InChI=1S/C9H15N/c1-3-4-5-6-7-8-9-10-2/h3-5H,1-2,6-9H2/p+1/b5-4+. The molecule has 0 aromatic heterocycles. The highest BCUT2D eigenvalue weighted by Crippen LogP contribution is 1.93. The zero-order chi connectivity index (χ0) is 7.66. The van der Waals surface area contributed by atoms with Gasteiger partial charge in [0.05, 0.1) is 0 Å². The van der Waals surface area contributed by atoms with E-state index in [1.165, 1.54) is 12.8 Å². The molecule has 0 spiro atoms. The van der Waals surface area contributed by atoms with Crippen molar-refractivity contribution in [3.63, 3.8) is 0 Å². The summed E-state index contributed by atoms with van der Waals surface area (Å²) in [5.41, 5.74) is 0. The molecule has 0 bridgehead atoms. The number of rotatable bonds is 6. The molecule has 0 radical (unpaired) electrons. The highest BCUT2D eigenvalue weighted by atomic mass is 14.7. The molecule has 0 rings (SSSR count). The molecule has 0 fully saturated rings. The van der Waals surface area contributed by atoms with Crippen LogP contribution in [-0.4, -0.2) is 13.3 Å². The third-order valence-corrected chi connectivity index (χ3v) is 1.25. The van der Waals surface area contributed by atoms with E-state index in [2.05, 4.69) is 24.4 Å². The summed E-state index contributed by atoms with van der Waals surface area (Å²) in [6, 6.07) is 0. The van der Waals surface area contributed by atoms with Gasteiger partial charge in [-0.25, -0.2) is 0 Å². The van der Waals surface area contributed by atoms with E-state index in [-0.39, 0.29) is 0 Å². The maximum absolute atomic E-state index is 3.59. The van der Waals surface area contributed by atoms with E-state index in [0.29, 0.717) is 0 Å². The summed E-state index contributed by atoms with van der Waals surface area (Å²) < 4.78 is 0. The molecule has 0 saturated heterocycles. The lowest BCUT2D eigenvalue weighted by Crippen LogP contribution is -2.65. The maximum atomic E-state index is 3.59. The second kappa shape index (κ2) is 8.15. The fourth-order valence-electron chi connectivity index (χ4n) is 0.705. The van der Waals surface area contributed by atoms with Crippen molar-refractivity contribution in [2.24, 2.45) is 0 Å². The smallest absolute Gasteiger partial charge is 0.140 e. The summed E-state index contributed by atoms with van der Waals surface area (Å²) in [7, 11) is 0. The minimum atomic E-state index is 1.02. The molecular formula is C9H16N+. The van der Waals surface area contributed by atoms with E-state index in [1.54, 1.807) is 6.08 Å². The highest BCUT2D eigenvalue weighted by molar-refractivity contribution is 5.12. The molecule has 1 N–H and O–H groups in total. The van der Waals surface area contributed by atoms with Gasteiger partial charge in [-0.15, -0.1) is 0 Å². The Labute approximate surface area is 63.2 Å². The van der Waals surface area contributed by atoms with E-state index in [4.69, 9.17) is 0 Å². The first-order chi connectivity index (χ1) is 4.91. The largest absolute Gasteiger partial charge is 0.254 e. The molecule has 0 aromatic carbocycles. The summed E-state index contributed by atoms with van der Waals surface area (Å²) in [6.45, 7) is 8.14. The van der Waals surface area contributed by atoms with Crippen molar-refractivity contribution in [3.8, 4) is 0 Å². The SMILES string of the molecule is C=C/C=C/CCCC[NH+]=C. The van der Waals surface area contributed by atoms with Crippen LogP contribution in [0.1, 0.15) is 19.3 Å². The molecule has 0 aliphatic carbocycles. The lowest BCUT2D eigenvalue weighted by molar-refractivity contribution is -0.447. The molecular weight excluding hydrogens is 122 g/mol. The Balaban J connectivity index is 2.96. The second-order valence-electron chi connectivity index (χ2n) is 2.16. The summed E-state index contributed by atoms with van der Waals surface area (Å²) >= 11 is 0. The van der Waals surface area contributed by atoms with Crippen LogP contribution >= 0.6 is 0 Å². The first-order valence-corrected chi connectivity index (χ1v) is 3.69. The van der Waals surface area contributed by atoms with Crippen LogP contribution in [0.5, 0.6) is 0 Å². The molecule has 0 unspecified atom stereocenters. The number of hydrogen-bond donors (Lipinski definition) is 1. The van der Waals surface area contributed by atoms with Gasteiger partial charge < -0.3 is 0 Å². The Hall–Kier alpha value is -0.850. The fraction of sp³-hybridized carbons (Fsp3) is 0.444. The molecule has 56 valence electrons. The van der Waals surface area contributed by atoms with Gasteiger partial charge in [0.25, 0.3) is 0 Å². The van der Waals surface area contributed by atoms with Crippen molar-refractivity contribution in [2.45, 2.75) is 19.3 Å². The first-order valence-electron chi connectivity index (χ1n) is 3.69. The zero-order valence-electron chi connectivity index (χ0n) is 6.47. The van der Waals surface area contributed by atoms with Crippen molar-refractivity contribution in [3.05, 3.63) is 24.8 Å². The lowest BCUT2D eigenvalue weighted by atomic mass is 10.2. The van der Waals surface area contributed by atoms with Gasteiger partial charge in [0.2, 0.25) is 0 Å². The summed E-state index contributed by atoms with van der Waals surface area (Å²) in [4.78, 5) is 2.86. The predicted octanol–water partition coefficient (Wildman–Crippen LogP) is 0.680. The Morgan fingerprint density at radius 1 is 1.30 bits per heavy atom. The van der Waals surface area contributed by atoms with Crippen LogP contribution in [0.2, 0.25) is 0 Å². The monoisotopic (exact) mass is 138 g/mol. The number of hydrogen-bond acceptors (Lipinski definition) is 0. The van der Waals surface area contributed by atoms with E-state index in [0.717, 1.165) is 13.0 Å². The van der Waals surface area contributed by atoms with E-state index >= 15 is 0 Å². The van der Waals surface area contributed by atoms with Crippen LogP contribution in [0, 0.1) is 0 Å². The Morgan fingerprint density at radius 2 is 2.10 bits per heavy atom. The predicted molar refractivity (Wildman–Crippen MR) is 46.1 cm³/mol. The molecule has 0 aliphatic rings. The first kappa shape index (κ1) is 9.15. The van der Waals surface area contributed by atoms with Crippen molar-refractivity contribution in [2.75, 3.05) is 6.54 Å². The molecule has 1 nitrogen and oxygen atoms in total. The van der Waals surface area contributed by atoms with Crippen LogP contribution in [0.3, 0.4) is 0 Å². The van der Waals surface area contributed by atoms with Crippen LogP contribution in [0.4, 0.5) is 0 Å². The molecule has 0 amide bonds. The van der Waals surface area contributed by atoms with Crippen LogP contribution < -0.4 is 4.99 Å². The molecule has 0 aromatic rings. The van der Waals surface area contributed by atoms with E-state index in [9.17, 15) is 0 Å². The van der Waals surface area contributed by atoms with Gasteiger partial charge in [0.1, 0.15) is 13.3 Å². The Bertz CT molecular complexity index is 114. The number of allylic oxidation sites excluding steroid dienone is 3. The molecule has 1 heteroatoms. The van der Waals surface area contributed by atoms with Gasteiger partial charge in [-0.1, -0.05) is 24.8 Å². The van der Waals surface area contributed by atoms with Crippen LogP contribution in [-0.2, 0) is 0 Å². The molecule has 0 heterocycles. The van der Waals surface area contributed by atoms with Crippen molar-refractivity contribution < 1.29 is 4.99 Å². The lowest BCUT2D eigenvalue weighted by Gasteiger charge is -1.87. The number of unbranched alkanes of at least 4 members (excludes halogenated alkanes) is 2. The van der Waals surface area contributed by atoms with Crippen molar-refractivity contribution in [1.82, 2.24) is 0 Å². The average molecular weight is 138 g/mol. The van der Waals surface area contributed by atoms with Crippen molar-refractivity contribution >= 4 is 6.72 Å². The van der Waals surface area contributed by atoms with Crippen molar-refractivity contribution in [1.29, 1.82) is 0 Å². The van der Waals surface area contributed by atoms with Gasteiger partial charge >= 0.3 is 0 Å². The summed E-state index contributed by atoms with van der Waals surface area (Å²) in [5, 5.41) is 0. The minimum Gasteiger partial charge on any atom is -0.254 e. The minimum absolute atomic E-state index is 1.02. The third kappa shape index (κ3) is 7.15. The van der Waals surface area contributed by atoms with Crippen LogP contribution in [0.15, 0.2) is 24.8 Å². The summed E-state index contributed by atoms with van der Waals surface area (Å²) in [5.74, 6) is 0. The second-order valence-corrected chi connectivity index (χ2v) is 2.16. The van der Waals surface area contributed by atoms with Gasteiger partial charge in [-0.05, 0) is 12.8 Å². The van der Waals surface area contributed by atoms with Gasteiger partial charge in [0, 0.05) is 6.42 Å². The summed E-state index contributed by atoms with van der Waals surface area (Å²) in [6.07, 6.45) is 9.50. The van der Waals surface area contributed by atoms with E-state index in [1.807, 2.05) is 6.08 Å². The van der Waals surface area contributed by atoms with Gasteiger partial charge in [0.15, 0.2) is 0 Å². The topological polar surface area (TPSA) is 14.0 Å². The normalized spacial score (nSPS) is 10.0. The van der Waals surface area contributed by atoms with Gasteiger partial charge in [-0.2, -0.15) is 0 Å².